The second kappa shape index (κ2) is 6.71. The van der Waals surface area contributed by atoms with Gasteiger partial charge in [0.2, 0.25) is 0 Å². The molecule has 0 aliphatic heterocycles. The van der Waals surface area contributed by atoms with Crippen LogP contribution in [-0.2, 0) is 5.75 Å². The number of halogens is 1. The Bertz CT molecular complexity index is 960. The average molecular weight is 382 g/mol. The monoisotopic (exact) mass is 381 g/mol. The fourth-order valence-corrected chi connectivity index (χ4v) is 4.52. The summed E-state index contributed by atoms with van der Waals surface area (Å²) in [6.45, 7) is 0. The molecule has 7 nitrogen and oxygen atoms in total. The Morgan fingerprint density at radius 3 is 2.67 bits per heavy atom. The van der Waals surface area contributed by atoms with Crippen molar-refractivity contribution in [1.29, 1.82) is 0 Å². The minimum absolute atomic E-state index is 0.00411. The van der Waals surface area contributed by atoms with E-state index in [1.807, 2.05) is 0 Å². The standard InChI is InChI=1S/C14H8ClN3O4S2/c15-10-2-1-3-12(18(21)22)9(10)7-23-14-16-11-5-4-8(17(19)20)6-13(11)24-14/h1-6H,7H2. The van der Waals surface area contributed by atoms with Crippen molar-refractivity contribution in [3.63, 3.8) is 0 Å². The molecule has 0 fully saturated rings. The Hall–Kier alpha value is -2.23. The molecule has 0 saturated carbocycles. The molecule has 0 aliphatic carbocycles. The second-order valence-electron chi connectivity index (χ2n) is 4.67. The van der Waals surface area contributed by atoms with Gasteiger partial charge < -0.3 is 0 Å². The van der Waals surface area contributed by atoms with Crippen molar-refractivity contribution in [1.82, 2.24) is 4.98 Å². The van der Waals surface area contributed by atoms with E-state index in [0.29, 0.717) is 25.1 Å². The van der Waals surface area contributed by atoms with Gasteiger partial charge in [-0.2, -0.15) is 0 Å². The van der Waals surface area contributed by atoms with E-state index in [1.54, 1.807) is 12.1 Å². The van der Waals surface area contributed by atoms with Gasteiger partial charge in [0.1, 0.15) is 0 Å². The zero-order valence-corrected chi connectivity index (χ0v) is 14.2. The third-order valence-electron chi connectivity index (χ3n) is 3.19. The first kappa shape index (κ1) is 16.6. The van der Waals surface area contributed by atoms with Crippen LogP contribution in [0.5, 0.6) is 0 Å². The van der Waals surface area contributed by atoms with Gasteiger partial charge in [-0.15, -0.1) is 11.3 Å². The molecule has 0 radical (unpaired) electrons. The zero-order valence-electron chi connectivity index (χ0n) is 11.8. The van der Waals surface area contributed by atoms with Crippen LogP contribution in [0.3, 0.4) is 0 Å². The molecule has 0 spiro atoms. The highest BCUT2D eigenvalue weighted by Gasteiger charge is 2.18. The summed E-state index contributed by atoms with van der Waals surface area (Å²) < 4.78 is 1.36. The molecule has 0 amide bonds. The SMILES string of the molecule is O=[N+]([O-])c1ccc2nc(SCc3c(Cl)cccc3[N+](=O)[O-])sc2c1. The van der Waals surface area contributed by atoms with Crippen molar-refractivity contribution >= 4 is 56.3 Å². The zero-order chi connectivity index (χ0) is 17.3. The highest BCUT2D eigenvalue weighted by molar-refractivity contribution is 8.00. The van der Waals surface area contributed by atoms with Gasteiger partial charge in [-0.1, -0.05) is 29.4 Å². The Labute approximate surface area is 148 Å². The quantitative estimate of drug-likeness (QED) is 0.348. The molecule has 1 aromatic heterocycles. The van der Waals surface area contributed by atoms with Crippen molar-refractivity contribution in [2.45, 2.75) is 10.1 Å². The van der Waals surface area contributed by atoms with Gasteiger partial charge in [0.15, 0.2) is 4.34 Å². The summed E-state index contributed by atoms with van der Waals surface area (Å²) in [5, 5.41) is 22.2. The third kappa shape index (κ3) is 3.32. The smallest absolute Gasteiger partial charge is 0.258 e. The van der Waals surface area contributed by atoms with Crippen LogP contribution >= 0.6 is 34.7 Å². The van der Waals surface area contributed by atoms with E-state index in [0.717, 1.165) is 0 Å². The van der Waals surface area contributed by atoms with Crippen LogP contribution in [-0.4, -0.2) is 14.8 Å². The highest BCUT2D eigenvalue weighted by atomic mass is 35.5. The van der Waals surface area contributed by atoms with Gasteiger partial charge >= 0.3 is 0 Å². The number of hydrogen-bond acceptors (Lipinski definition) is 7. The number of non-ortho nitro benzene ring substituents is 1. The number of thiazole rings is 1. The Kier molecular flexibility index (Phi) is 4.65. The molecule has 0 atom stereocenters. The lowest BCUT2D eigenvalue weighted by Crippen LogP contribution is -1.94. The van der Waals surface area contributed by atoms with Crippen LogP contribution in [0.1, 0.15) is 5.56 Å². The lowest BCUT2D eigenvalue weighted by atomic mass is 10.2. The number of fused-ring (bicyclic) bond motifs is 1. The number of nitro benzene ring substituents is 2. The molecule has 0 N–H and O–H groups in total. The first-order valence-electron chi connectivity index (χ1n) is 6.55. The van der Waals surface area contributed by atoms with E-state index in [-0.39, 0.29) is 17.1 Å². The third-order valence-corrected chi connectivity index (χ3v) is 5.74. The van der Waals surface area contributed by atoms with Gasteiger partial charge in [0, 0.05) is 24.0 Å². The number of rotatable bonds is 5. The number of nitro groups is 2. The summed E-state index contributed by atoms with van der Waals surface area (Å²) in [6, 6.07) is 9.00. The minimum Gasteiger partial charge on any atom is -0.258 e. The van der Waals surface area contributed by atoms with Crippen molar-refractivity contribution in [3.8, 4) is 0 Å². The van der Waals surface area contributed by atoms with Crippen molar-refractivity contribution in [2.24, 2.45) is 0 Å². The van der Waals surface area contributed by atoms with Crippen molar-refractivity contribution < 1.29 is 9.85 Å². The summed E-state index contributed by atoms with van der Waals surface area (Å²) in [6.07, 6.45) is 0. The summed E-state index contributed by atoms with van der Waals surface area (Å²) >= 11 is 8.67. The number of thioether (sulfide) groups is 1. The maximum absolute atomic E-state index is 11.1. The van der Waals surface area contributed by atoms with Crippen LogP contribution in [0.2, 0.25) is 5.02 Å². The molecule has 0 saturated heterocycles. The molecule has 3 aromatic rings. The minimum atomic E-state index is -0.469. The summed E-state index contributed by atoms with van der Waals surface area (Å²) in [5.74, 6) is 0.290. The first-order valence-corrected chi connectivity index (χ1v) is 8.73. The summed E-state index contributed by atoms with van der Waals surface area (Å²) in [7, 11) is 0. The Morgan fingerprint density at radius 1 is 1.17 bits per heavy atom. The summed E-state index contributed by atoms with van der Waals surface area (Å²) in [4.78, 5) is 25.3. The van der Waals surface area contributed by atoms with E-state index in [4.69, 9.17) is 11.6 Å². The molecule has 1 heterocycles. The molecule has 122 valence electrons. The molecule has 0 aliphatic rings. The number of nitrogens with zero attached hydrogens (tertiary/aromatic N) is 3. The van der Waals surface area contributed by atoms with Crippen LogP contribution < -0.4 is 0 Å². The van der Waals surface area contributed by atoms with E-state index in [1.165, 1.54) is 47.4 Å². The van der Waals surface area contributed by atoms with Crippen LogP contribution in [0.25, 0.3) is 10.2 Å². The highest BCUT2D eigenvalue weighted by Crippen LogP contribution is 2.36. The van der Waals surface area contributed by atoms with Crippen LogP contribution in [0.15, 0.2) is 40.7 Å². The van der Waals surface area contributed by atoms with Gasteiger partial charge in [-0.3, -0.25) is 20.2 Å². The Balaban J connectivity index is 1.86. The van der Waals surface area contributed by atoms with Crippen molar-refractivity contribution in [3.05, 3.63) is 67.2 Å². The second-order valence-corrected chi connectivity index (χ2v) is 7.33. The lowest BCUT2D eigenvalue weighted by Gasteiger charge is -2.03. The predicted octanol–water partition coefficient (Wildman–Crippen LogP) is 5.06. The molecule has 24 heavy (non-hydrogen) atoms. The van der Waals surface area contributed by atoms with E-state index in [2.05, 4.69) is 4.98 Å². The topological polar surface area (TPSA) is 99.2 Å². The van der Waals surface area contributed by atoms with Crippen LogP contribution in [0, 0.1) is 20.2 Å². The first-order chi connectivity index (χ1) is 11.5. The maximum atomic E-state index is 11.1. The van der Waals surface area contributed by atoms with E-state index >= 15 is 0 Å². The summed E-state index contributed by atoms with van der Waals surface area (Å²) in [5.41, 5.74) is 1.05. The van der Waals surface area contributed by atoms with E-state index < -0.39 is 9.85 Å². The van der Waals surface area contributed by atoms with E-state index in [9.17, 15) is 20.2 Å². The van der Waals surface area contributed by atoms with Crippen molar-refractivity contribution in [2.75, 3.05) is 0 Å². The molecule has 0 unspecified atom stereocenters. The molecular weight excluding hydrogens is 374 g/mol. The van der Waals surface area contributed by atoms with Gasteiger partial charge in [0.05, 0.1) is 30.6 Å². The normalized spacial score (nSPS) is 10.9. The molecule has 0 bridgehead atoms. The Morgan fingerprint density at radius 2 is 1.96 bits per heavy atom. The fraction of sp³-hybridized carbons (Fsp3) is 0.0714. The number of benzene rings is 2. The molecular formula is C14H8ClN3O4S2. The molecule has 3 rings (SSSR count). The predicted molar refractivity (Wildman–Crippen MR) is 93.9 cm³/mol. The average Bonchev–Trinajstić information content (AvgIpc) is 2.95. The molecule has 10 heteroatoms. The van der Waals surface area contributed by atoms with Gasteiger partial charge in [-0.25, -0.2) is 4.98 Å². The fourth-order valence-electron chi connectivity index (χ4n) is 2.06. The number of aromatic nitrogens is 1. The largest absolute Gasteiger partial charge is 0.274 e. The van der Waals surface area contributed by atoms with Crippen LogP contribution in [0.4, 0.5) is 11.4 Å². The lowest BCUT2D eigenvalue weighted by molar-refractivity contribution is -0.385. The maximum Gasteiger partial charge on any atom is 0.274 e. The van der Waals surface area contributed by atoms with Gasteiger partial charge in [0.25, 0.3) is 11.4 Å². The number of hydrogen-bond donors (Lipinski definition) is 0. The molecule has 2 aromatic carbocycles. The van der Waals surface area contributed by atoms with Gasteiger partial charge in [-0.05, 0) is 12.1 Å².